The van der Waals surface area contributed by atoms with E-state index in [0.717, 1.165) is 5.92 Å². The molecule has 1 heterocycles. The van der Waals surface area contributed by atoms with Gasteiger partial charge in [0.25, 0.3) is 0 Å². The van der Waals surface area contributed by atoms with Crippen molar-refractivity contribution in [1.29, 1.82) is 0 Å². The molecule has 1 saturated carbocycles. The predicted octanol–water partition coefficient (Wildman–Crippen LogP) is 3.71. The van der Waals surface area contributed by atoms with Gasteiger partial charge in [0.05, 0.1) is 0 Å². The van der Waals surface area contributed by atoms with Crippen LogP contribution >= 0.6 is 11.3 Å². The second-order valence-corrected chi connectivity index (χ2v) is 4.59. The second-order valence-electron chi connectivity index (χ2n) is 3.47. The Balaban J connectivity index is 2.15. The number of rotatable bonds is 1. The molecule has 0 atom stereocenters. The van der Waals surface area contributed by atoms with Crippen LogP contribution in [-0.2, 0) is 0 Å². The van der Waals surface area contributed by atoms with Crippen LogP contribution in [0, 0.1) is 6.92 Å². The molecule has 0 radical (unpaired) electrons. The highest BCUT2D eigenvalue weighted by molar-refractivity contribution is 7.10. The first-order valence-corrected chi connectivity index (χ1v) is 5.29. The third-order valence-corrected chi connectivity index (χ3v) is 3.46. The van der Waals surface area contributed by atoms with Gasteiger partial charge in [-0.25, -0.2) is 0 Å². The molecule has 0 bridgehead atoms. The van der Waals surface area contributed by atoms with Crippen molar-refractivity contribution in [2.24, 2.45) is 0 Å². The van der Waals surface area contributed by atoms with Crippen molar-refractivity contribution in [2.75, 3.05) is 0 Å². The van der Waals surface area contributed by atoms with Crippen LogP contribution in [0.15, 0.2) is 11.4 Å². The van der Waals surface area contributed by atoms with E-state index in [1.165, 1.54) is 30.6 Å². The topological polar surface area (TPSA) is 0 Å². The minimum absolute atomic E-state index is 0.903. The minimum Gasteiger partial charge on any atom is -0.149 e. The zero-order chi connectivity index (χ0) is 7.68. The van der Waals surface area contributed by atoms with E-state index in [0.29, 0.717) is 0 Å². The van der Waals surface area contributed by atoms with Crippen molar-refractivity contribution in [3.05, 3.63) is 21.9 Å². The zero-order valence-corrected chi connectivity index (χ0v) is 7.79. The summed E-state index contributed by atoms with van der Waals surface area (Å²) in [5.41, 5.74) is 1.60. The fraction of sp³-hybridized carbons (Fsp3) is 0.600. The van der Waals surface area contributed by atoms with Crippen molar-refractivity contribution in [3.63, 3.8) is 0 Å². The van der Waals surface area contributed by atoms with Crippen LogP contribution in [0.2, 0.25) is 0 Å². The molecule has 1 fully saturated rings. The Hall–Kier alpha value is -0.300. The van der Waals surface area contributed by atoms with Crippen molar-refractivity contribution in [3.8, 4) is 0 Å². The molecular weight excluding hydrogens is 152 g/mol. The van der Waals surface area contributed by atoms with Gasteiger partial charge in [-0.15, -0.1) is 11.3 Å². The molecule has 60 valence electrons. The molecule has 1 aliphatic rings. The van der Waals surface area contributed by atoms with Crippen molar-refractivity contribution in [1.82, 2.24) is 0 Å². The van der Waals surface area contributed by atoms with Gasteiger partial charge < -0.3 is 0 Å². The lowest BCUT2D eigenvalue weighted by molar-refractivity contribution is 0.726. The second kappa shape index (κ2) is 2.98. The first-order valence-electron chi connectivity index (χ1n) is 4.41. The highest BCUT2D eigenvalue weighted by Crippen LogP contribution is 2.35. The zero-order valence-electron chi connectivity index (χ0n) is 6.97. The van der Waals surface area contributed by atoms with Gasteiger partial charge in [-0.05, 0) is 42.7 Å². The van der Waals surface area contributed by atoms with Gasteiger partial charge in [0.1, 0.15) is 0 Å². The highest BCUT2D eigenvalue weighted by Gasteiger charge is 2.17. The summed E-state index contributed by atoms with van der Waals surface area (Å²) >= 11 is 1.89. The molecule has 1 heteroatoms. The summed E-state index contributed by atoms with van der Waals surface area (Å²) in [6, 6.07) is 2.36. The van der Waals surface area contributed by atoms with Gasteiger partial charge in [0.15, 0.2) is 0 Å². The number of hydrogen-bond donors (Lipinski definition) is 0. The molecule has 0 saturated heterocycles. The molecule has 2 rings (SSSR count). The van der Waals surface area contributed by atoms with Crippen LogP contribution in [0.4, 0.5) is 0 Å². The van der Waals surface area contributed by atoms with E-state index in [1.54, 1.807) is 5.56 Å². The van der Waals surface area contributed by atoms with Crippen molar-refractivity contribution < 1.29 is 0 Å². The van der Waals surface area contributed by atoms with E-state index in [2.05, 4.69) is 18.4 Å². The maximum atomic E-state index is 2.36. The lowest BCUT2D eigenvalue weighted by Crippen LogP contribution is -1.87. The average molecular weight is 166 g/mol. The van der Waals surface area contributed by atoms with Crippen LogP contribution in [-0.4, -0.2) is 0 Å². The van der Waals surface area contributed by atoms with Crippen molar-refractivity contribution in [2.45, 2.75) is 38.5 Å². The normalized spacial score (nSPS) is 19.4. The fourth-order valence-electron chi connectivity index (χ4n) is 1.94. The third-order valence-electron chi connectivity index (χ3n) is 2.58. The van der Waals surface area contributed by atoms with Gasteiger partial charge in [-0.3, -0.25) is 0 Å². The van der Waals surface area contributed by atoms with E-state index in [1.807, 2.05) is 11.3 Å². The van der Waals surface area contributed by atoms with Crippen LogP contribution in [0.1, 0.15) is 42.0 Å². The molecule has 1 aromatic rings. The molecule has 0 aliphatic heterocycles. The molecule has 11 heavy (non-hydrogen) atoms. The molecule has 1 aromatic heterocycles. The lowest BCUT2D eigenvalue weighted by Gasteiger charge is -2.03. The molecule has 0 nitrogen and oxygen atoms in total. The smallest absolute Gasteiger partial charge is 0.00171 e. The Kier molecular flexibility index (Phi) is 1.99. The predicted molar refractivity (Wildman–Crippen MR) is 50.3 cm³/mol. The minimum atomic E-state index is 0.903. The summed E-state index contributed by atoms with van der Waals surface area (Å²) in [6.07, 6.45) is 5.74. The largest absolute Gasteiger partial charge is 0.149 e. The summed E-state index contributed by atoms with van der Waals surface area (Å²) in [5.74, 6) is 0.903. The summed E-state index contributed by atoms with van der Waals surface area (Å²) < 4.78 is 0. The van der Waals surface area contributed by atoms with Gasteiger partial charge >= 0.3 is 0 Å². The Morgan fingerprint density at radius 2 is 2.09 bits per heavy atom. The van der Waals surface area contributed by atoms with Gasteiger partial charge in [-0.2, -0.15) is 0 Å². The third kappa shape index (κ3) is 1.48. The number of aryl methyl sites for hydroxylation is 1. The van der Waals surface area contributed by atoms with Crippen LogP contribution in [0.25, 0.3) is 0 Å². The first kappa shape index (κ1) is 7.35. The van der Waals surface area contributed by atoms with Gasteiger partial charge in [0, 0.05) is 4.88 Å². The Morgan fingerprint density at radius 1 is 1.36 bits per heavy atom. The molecule has 0 unspecified atom stereocenters. The number of hydrogen-bond acceptors (Lipinski definition) is 1. The summed E-state index contributed by atoms with van der Waals surface area (Å²) in [6.45, 7) is 2.20. The van der Waals surface area contributed by atoms with E-state index >= 15 is 0 Å². The first-order chi connectivity index (χ1) is 5.36. The molecule has 0 amide bonds. The van der Waals surface area contributed by atoms with E-state index in [4.69, 9.17) is 0 Å². The Labute approximate surface area is 72.3 Å². The highest BCUT2D eigenvalue weighted by atomic mass is 32.1. The Bertz CT molecular complexity index is 231. The van der Waals surface area contributed by atoms with Gasteiger partial charge in [0.2, 0.25) is 0 Å². The van der Waals surface area contributed by atoms with Gasteiger partial charge in [-0.1, -0.05) is 12.8 Å². The lowest BCUT2D eigenvalue weighted by atomic mass is 10.0. The van der Waals surface area contributed by atoms with Crippen LogP contribution in [0.5, 0.6) is 0 Å². The molecule has 0 aromatic carbocycles. The number of thiophene rings is 1. The maximum absolute atomic E-state index is 2.36. The fourth-order valence-corrected chi connectivity index (χ4v) is 2.72. The monoisotopic (exact) mass is 166 g/mol. The Morgan fingerprint density at radius 3 is 2.64 bits per heavy atom. The molecule has 0 spiro atoms. The molecule has 0 N–H and O–H groups in total. The SMILES string of the molecule is Cc1cc(C2CCCC2)cs1. The van der Waals surface area contributed by atoms with E-state index in [9.17, 15) is 0 Å². The molecule has 1 aliphatic carbocycles. The summed E-state index contributed by atoms with van der Waals surface area (Å²) in [7, 11) is 0. The van der Waals surface area contributed by atoms with Crippen LogP contribution in [0.3, 0.4) is 0 Å². The quantitative estimate of drug-likeness (QED) is 0.596. The average Bonchev–Trinajstić information content (AvgIpc) is 2.55. The standard InChI is InChI=1S/C10H14S/c1-8-6-10(7-11-8)9-4-2-3-5-9/h6-7,9H,2-5H2,1H3. The summed E-state index contributed by atoms with van der Waals surface area (Å²) in [4.78, 5) is 1.46. The summed E-state index contributed by atoms with van der Waals surface area (Å²) in [5, 5.41) is 2.34. The van der Waals surface area contributed by atoms with Crippen LogP contribution < -0.4 is 0 Å². The van der Waals surface area contributed by atoms with Crippen molar-refractivity contribution >= 4 is 11.3 Å². The maximum Gasteiger partial charge on any atom is 0.00171 e. The molecular formula is C10H14S. The van der Waals surface area contributed by atoms with E-state index in [-0.39, 0.29) is 0 Å². The van der Waals surface area contributed by atoms with E-state index < -0.39 is 0 Å².